The third-order valence-corrected chi connectivity index (χ3v) is 9.77. The predicted octanol–water partition coefficient (Wildman–Crippen LogP) is 8.63. The molecule has 0 aromatic heterocycles. The number of carboxylic acid groups (broad SMARTS) is 1. The number of rotatable bonds is 5. The Hall–Kier alpha value is -4.62. The van der Waals surface area contributed by atoms with Crippen LogP contribution >= 0.6 is 0 Å². The number of carbonyl (C=O) groups is 3. The van der Waals surface area contributed by atoms with E-state index in [0.717, 1.165) is 15.4 Å². The molecule has 0 bridgehead atoms. The van der Waals surface area contributed by atoms with Crippen LogP contribution in [0.1, 0.15) is 71.7 Å². The first-order chi connectivity index (χ1) is 22.8. The second-order valence-electron chi connectivity index (χ2n) is 12.8. The number of amides is 4. The molecule has 0 radical (unpaired) electrons. The van der Waals surface area contributed by atoms with Crippen molar-refractivity contribution in [3.63, 3.8) is 0 Å². The van der Waals surface area contributed by atoms with Gasteiger partial charge < -0.3 is 14.9 Å². The normalized spacial score (nSPS) is 22.0. The molecule has 262 valence electrons. The zero-order valence-electron chi connectivity index (χ0n) is 26.8. The van der Waals surface area contributed by atoms with E-state index in [0.29, 0.717) is 23.3 Å². The highest BCUT2D eigenvalue weighted by Crippen LogP contribution is 2.49. The Morgan fingerprint density at radius 3 is 2.12 bits per heavy atom. The van der Waals surface area contributed by atoms with Gasteiger partial charge in [0, 0.05) is 19.5 Å². The smallest absolute Gasteiger partial charge is 0.416 e. The largest absolute Gasteiger partial charge is 0.465 e. The molecule has 2 aliphatic heterocycles. The number of aryl methyl sites for hydroxylation is 1. The summed E-state index contributed by atoms with van der Waals surface area (Å²) in [5.74, 6) is -1.82. The molecule has 14 heteroatoms. The van der Waals surface area contributed by atoms with Crippen LogP contribution in [-0.2, 0) is 23.6 Å². The van der Waals surface area contributed by atoms with Crippen molar-refractivity contribution in [1.82, 2.24) is 14.7 Å². The summed E-state index contributed by atoms with van der Waals surface area (Å²) in [6, 6.07) is 11.1. The van der Waals surface area contributed by atoms with E-state index in [4.69, 9.17) is 0 Å². The van der Waals surface area contributed by atoms with E-state index in [1.165, 1.54) is 37.1 Å². The lowest BCUT2D eigenvalue weighted by molar-refractivity contribution is -0.143. The monoisotopic (exact) mass is 693 g/mol. The van der Waals surface area contributed by atoms with Crippen LogP contribution in [0.4, 0.5) is 40.3 Å². The molecule has 2 heterocycles. The van der Waals surface area contributed by atoms with Gasteiger partial charge in [-0.2, -0.15) is 26.3 Å². The highest BCUT2D eigenvalue weighted by Gasteiger charge is 2.57. The lowest BCUT2D eigenvalue weighted by atomic mass is 9.76. The molecule has 4 amide bonds. The average molecular weight is 694 g/mol. The third-order valence-electron chi connectivity index (χ3n) is 9.77. The lowest BCUT2D eigenvalue weighted by Crippen LogP contribution is -2.58. The molecule has 4 atom stereocenters. The van der Waals surface area contributed by atoms with Crippen molar-refractivity contribution < 1.29 is 50.2 Å². The fourth-order valence-electron chi connectivity index (χ4n) is 7.19. The molecule has 1 spiro atoms. The van der Waals surface area contributed by atoms with Crippen molar-refractivity contribution in [1.29, 1.82) is 0 Å². The minimum atomic E-state index is -5.09. The molecule has 3 aromatic rings. The van der Waals surface area contributed by atoms with Gasteiger partial charge in [0.25, 0.3) is 0 Å². The van der Waals surface area contributed by atoms with E-state index in [1.807, 2.05) is 18.2 Å². The summed E-state index contributed by atoms with van der Waals surface area (Å²) in [5, 5.41) is 10.3. The van der Waals surface area contributed by atoms with Crippen LogP contribution in [0.15, 0.2) is 66.7 Å². The number of nitrogens with zero attached hydrogens (tertiary/aromatic N) is 3. The van der Waals surface area contributed by atoms with E-state index >= 15 is 0 Å². The van der Waals surface area contributed by atoms with E-state index in [2.05, 4.69) is 0 Å². The predicted molar refractivity (Wildman–Crippen MR) is 164 cm³/mol. The van der Waals surface area contributed by atoms with Gasteiger partial charge in [0.2, 0.25) is 5.91 Å². The number of hydrogen-bond donors (Lipinski definition) is 1. The molecule has 1 unspecified atom stereocenters. The zero-order valence-corrected chi connectivity index (χ0v) is 26.8. The summed E-state index contributed by atoms with van der Waals surface area (Å²) in [6.07, 6.45) is -11.2. The zero-order chi connectivity index (χ0) is 36.1. The molecule has 2 aliphatic rings. The Bertz CT molecular complexity index is 1710. The van der Waals surface area contributed by atoms with Crippen molar-refractivity contribution >= 4 is 18.0 Å². The van der Waals surface area contributed by atoms with Gasteiger partial charge in [-0.05, 0) is 92.1 Å². The average Bonchev–Trinajstić information content (AvgIpc) is 3.28. The van der Waals surface area contributed by atoms with E-state index in [1.54, 1.807) is 19.1 Å². The molecule has 2 saturated heterocycles. The molecular formula is C35H34F7N3O4. The Morgan fingerprint density at radius 1 is 0.959 bits per heavy atom. The van der Waals surface area contributed by atoms with E-state index in [-0.39, 0.29) is 38.3 Å². The topological polar surface area (TPSA) is 81.2 Å². The Labute approximate surface area is 277 Å². The van der Waals surface area contributed by atoms with E-state index < -0.39 is 76.4 Å². The summed E-state index contributed by atoms with van der Waals surface area (Å²) in [6.45, 7) is 2.79. The quantitative estimate of drug-likeness (QED) is 0.272. The van der Waals surface area contributed by atoms with Gasteiger partial charge in [-0.15, -0.1) is 0 Å². The molecule has 5 rings (SSSR count). The van der Waals surface area contributed by atoms with Gasteiger partial charge in [-0.3, -0.25) is 4.79 Å². The van der Waals surface area contributed by atoms with Gasteiger partial charge in [0.15, 0.2) is 0 Å². The molecule has 2 fully saturated rings. The van der Waals surface area contributed by atoms with Crippen molar-refractivity contribution in [2.75, 3.05) is 13.6 Å². The number of alkyl halides is 6. The Kier molecular flexibility index (Phi) is 9.48. The first-order valence-corrected chi connectivity index (χ1v) is 15.5. The van der Waals surface area contributed by atoms with Crippen LogP contribution < -0.4 is 0 Å². The van der Waals surface area contributed by atoms with Gasteiger partial charge >= 0.3 is 24.5 Å². The maximum atomic E-state index is 14.2. The van der Waals surface area contributed by atoms with Crippen LogP contribution in [0, 0.1) is 18.7 Å². The van der Waals surface area contributed by atoms with Gasteiger partial charge in [-0.1, -0.05) is 36.4 Å². The molecular weight excluding hydrogens is 659 g/mol. The number of benzene rings is 3. The van der Waals surface area contributed by atoms with Crippen molar-refractivity contribution in [3.05, 3.63) is 106 Å². The van der Waals surface area contributed by atoms with Gasteiger partial charge in [-0.25, -0.2) is 18.9 Å². The fraction of sp³-hybridized carbons (Fsp3) is 0.400. The third kappa shape index (κ3) is 7.09. The van der Waals surface area contributed by atoms with Crippen LogP contribution in [0.3, 0.4) is 0 Å². The number of hydrogen-bond acceptors (Lipinski definition) is 3. The SMILES string of the molecule is Cc1cc(F)ccc1[C@H]1C[C@@]2(CCN1C(=O)N(C)[C@H](C)c1cc(C(F)(F)F)cc(C(F)(F)F)c1)CC(Cc1ccccc1)C(=O)N2C(=O)O. The summed E-state index contributed by atoms with van der Waals surface area (Å²) < 4.78 is 95.9. The number of halogens is 7. The standard InChI is InChI=1S/C35H34F7N3O4/c1-20-13-27(36)9-10-28(20)29-19-33(18-24(30(46)45(33)32(48)49)14-22-7-5-4-6-8-22)11-12-44(29)31(47)43(3)21(2)23-15-25(34(37,38)39)17-26(16-23)35(40,41)42/h4-10,13,15-17,21,24,29H,11-12,14,18-19H2,1-3H3,(H,48,49)/t21-,24?,29-,33-/m1/s1. The van der Waals surface area contributed by atoms with Gasteiger partial charge in [0.1, 0.15) is 5.82 Å². The summed E-state index contributed by atoms with van der Waals surface area (Å²) in [7, 11) is 1.25. The maximum absolute atomic E-state index is 14.2. The summed E-state index contributed by atoms with van der Waals surface area (Å²) in [4.78, 5) is 43.6. The summed E-state index contributed by atoms with van der Waals surface area (Å²) in [5.41, 5.74) is -2.96. The first-order valence-electron chi connectivity index (χ1n) is 15.5. The van der Waals surface area contributed by atoms with Crippen LogP contribution in [-0.4, -0.2) is 57.0 Å². The number of carbonyl (C=O) groups excluding carboxylic acids is 2. The summed E-state index contributed by atoms with van der Waals surface area (Å²) >= 11 is 0. The van der Waals surface area contributed by atoms with Gasteiger partial charge in [0.05, 0.1) is 28.7 Å². The van der Waals surface area contributed by atoms with Crippen molar-refractivity contribution in [3.8, 4) is 0 Å². The minimum Gasteiger partial charge on any atom is -0.465 e. The molecule has 0 aliphatic carbocycles. The molecule has 49 heavy (non-hydrogen) atoms. The number of piperidine rings is 1. The Balaban J connectivity index is 1.51. The van der Waals surface area contributed by atoms with Crippen LogP contribution in [0.5, 0.6) is 0 Å². The van der Waals surface area contributed by atoms with Crippen molar-refractivity contribution in [2.45, 2.75) is 69.5 Å². The first kappa shape index (κ1) is 35.7. The Morgan fingerprint density at radius 2 is 1.57 bits per heavy atom. The van der Waals surface area contributed by atoms with E-state index in [9.17, 15) is 50.2 Å². The second-order valence-corrected chi connectivity index (χ2v) is 12.8. The maximum Gasteiger partial charge on any atom is 0.416 e. The number of urea groups is 1. The highest BCUT2D eigenvalue weighted by molar-refractivity contribution is 5.96. The highest BCUT2D eigenvalue weighted by atomic mass is 19.4. The van der Waals surface area contributed by atoms with Crippen molar-refractivity contribution in [2.24, 2.45) is 5.92 Å². The molecule has 1 N–H and O–H groups in total. The fourth-order valence-corrected chi connectivity index (χ4v) is 7.19. The lowest BCUT2D eigenvalue weighted by Gasteiger charge is -2.49. The second kappa shape index (κ2) is 13.0. The van der Waals surface area contributed by atoms with Crippen LogP contribution in [0.2, 0.25) is 0 Å². The number of imide groups is 1. The minimum absolute atomic E-state index is 0.0115. The number of likely N-dealkylation sites (tertiary alicyclic amines) is 2. The molecule has 0 saturated carbocycles. The molecule has 7 nitrogen and oxygen atoms in total. The van der Waals surface area contributed by atoms with Crippen LogP contribution in [0.25, 0.3) is 0 Å². The molecule has 3 aromatic carbocycles.